The standard InChI is InChI=1S/C28H22ClN3O3S2/c29-21-12-6-4-10-19(21)16-32-27(35)25(37-28(32)36)24-20-11-5-7-13-22(20)31(26(24)34)17-23(33)30-15-14-18-8-2-1-3-9-18/h1-13H,14-17H2,(H,30,33)/b25-24-. The van der Waals surface area contributed by atoms with E-state index in [1.54, 1.807) is 30.3 Å². The van der Waals surface area contributed by atoms with Crippen molar-refractivity contribution in [3.8, 4) is 0 Å². The van der Waals surface area contributed by atoms with Crippen molar-refractivity contribution in [1.82, 2.24) is 10.2 Å². The summed E-state index contributed by atoms with van der Waals surface area (Å²) in [6.07, 6.45) is 0.691. The maximum Gasteiger partial charge on any atom is 0.267 e. The van der Waals surface area contributed by atoms with Crippen molar-refractivity contribution in [3.05, 3.63) is 105 Å². The molecule has 0 spiro atoms. The number of fused-ring (bicyclic) bond motifs is 1. The lowest BCUT2D eigenvalue weighted by molar-refractivity contribution is -0.122. The van der Waals surface area contributed by atoms with Crippen molar-refractivity contribution in [2.45, 2.75) is 13.0 Å². The monoisotopic (exact) mass is 547 g/mol. The van der Waals surface area contributed by atoms with Gasteiger partial charge in [0, 0.05) is 17.1 Å². The molecule has 1 N–H and O–H groups in total. The van der Waals surface area contributed by atoms with Crippen LogP contribution in [0.15, 0.2) is 83.8 Å². The Morgan fingerprint density at radius 2 is 1.59 bits per heavy atom. The van der Waals surface area contributed by atoms with Gasteiger partial charge in [-0.2, -0.15) is 0 Å². The molecule has 2 heterocycles. The number of para-hydroxylation sites is 1. The number of nitrogens with one attached hydrogen (secondary N) is 1. The molecule has 0 radical (unpaired) electrons. The van der Waals surface area contributed by atoms with Crippen molar-refractivity contribution in [3.63, 3.8) is 0 Å². The topological polar surface area (TPSA) is 69.7 Å². The SMILES string of the molecule is O=C(CN1C(=O)/C(=C2\SC(=S)N(Cc3ccccc3Cl)C2=O)c2ccccc21)NCCc1ccccc1. The zero-order valence-corrected chi connectivity index (χ0v) is 22.0. The molecule has 6 nitrogen and oxygen atoms in total. The lowest BCUT2D eigenvalue weighted by Gasteiger charge is -2.17. The van der Waals surface area contributed by atoms with Crippen LogP contribution in [0.4, 0.5) is 5.69 Å². The summed E-state index contributed by atoms with van der Waals surface area (Å²) in [6, 6.07) is 24.3. The van der Waals surface area contributed by atoms with Crippen LogP contribution < -0.4 is 10.2 Å². The van der Waals surface area contributed by atoms with Crippen LogP contribution >= 0.6 is 35.6 Å². The van der Waals surface area contributed by atoms with Crippen LogP contribution in [0.2, 0.25) is 5.02 Å². The average Bonchev–Trinajstić information content (AvgIpc) is 3.33. The maximum atomic E-state index is 13.6. The van der Waals surface area contributed by atoms with Crippen LogP contribution in [0.25, 0.3) is 5.57 Å². The number of hydrogen-bond donors (Lipinski definition) is 1. The van der Waals surface area contributed by atoms with Gasteiger partial charge < -0.3 is 5.32 Å². The average molecular weight is 548 g/mol. The fourth-order valence-electron chi connectivity index (χ4n) is 4.33. The van der Waals surface area contributed by atoms with E-state index in [-0.39, 0.29) is 35.4 Å². The van der Waals surface area contributed by atoms with Gasteiger partial charge in [0.2, 0.25) is 5.91 Å². The number of anilines is 1. The molecule has 0 atom stereocenters. The molecule has 9 heteroatoms. The van der Waals surface area contributed by atoms with Gasteiger partial charge in [-0.25, -0.2) is 0 Å². The van der Waals surface area contributed by atoms with Crippen LogP contribution in [0.1, 0.15) is 16.7 Å². The molecule has 0 bridgehead atoms. The molecule has 2 aliphatic rings. The summed E-state index contributed by atoms with van der Waals surface area (Å²) in [7, 11) is 0. The lowest BCUT2D eigenvalue weighted by Crippen LogP contribution is -2.39. The van der Waals surface area contributed by atoms with Crippen molar-refractivity contribution in [2.24, 2.45) is 0 Å². The number of benzene rings is 3. The Kier molecular flexibility index (Phi) is 7.41. The van der Waals surface area contributed by atoms with E-state index in [2.05, 4.69) is 5.32 Å². The molecule has 3 amide bonds. The molecule has 0 aromatic heterocycles. The van der Waals surface area contributed by atoms with Crippen molar-refractivity contribution in [2.75, 3.05) is 18.0 Å². The van der Waals surface area contributed by atoms with Gasteiger partial charge in [0.1, 0.15) is 10.9 Å². The summed E-state index contributed by atoms with van der Waals surface area (Å²) >= 11 is 12.9. The molecular formula is C28H22ClN3O3S2. The van der Waals surface area contributed by atoms with Crippen LogP contribution in [0.3, 0.4) is 0 Å². The summed E-state index contributed by atoms with van der Waals surface area (Å²) in [5, 5.41) is 3.42. The molecule has 3 aromatic carbocycles. The van der Waals surface area contributed by atoms with Gasteiger partial charge in [-0.1, -0.05) is 102 Å². The molecule has 3 aromatic rings. The molecule has 186 valence electrons. The zero-order chi connectivity index (χ0) is 25.9. The Hall–Kier alpha value is -3.46. The first-order valence-electron chi connectivity index (χ1n) is 11.7. The van der Waals surface area contributed by atoms with Gasteiger partial charge in [0.15, 0.2) is 0 Å². The highest BCUT2D eigenvalue weighted by Gasteiger charge is 2.42. The number of thioether (sulfide) groups is 1. The Labute approximate surface area is 229 Å². The van der Waals surface area contributed by atoms with Gasteiger partial charge in [-0.3, -0.25) is 24.2 Å². The van der Waals surface area contributed by atoms with Crippen LogP contribution in [-0.2, 0) is 27.3 Å². The molecule has 0 unspecified atom stereocenters. The van der Waals surface area contributed by atoms with E-state index in [0.29, 0.717) is 33.6 Å². The van der Waals surface area contributed by atoms with Gasteiger partial charge in [0.25, 0.3) is 11.8 Å². The van der Waals surface area contributed by atoms with E-state index in [9.17, 15) is 14.4 Å². The third-order valence-electron chi connectivity index (χ3n) is 6.17. The molecule has 0 aliphatic carbocycles. The van der Waals surface area contributed by atoms with Gasteiger partial charge >= 0.3 is 0 Å². The van der Waals surface area contributed by atoms with Gasteiger partial charge in [-0.05, 0) is 29.7 Å². The second-order valence-corrected chi connectivity index (χ2v) is 10.6. The van der Waals surface area contributed by atoms with Crippen molar-refractivity contribution in [1.29, 1.82) is 0 Å². The first kappa shape index (κ1) is 25.2. The first-order valence-corrected chi connectivity index (χ1v) is 13.3. The van der Waals surface area contributed by atoms with E-state index in [0.717, 1.165) is 22.9 Å². The Balaban J connectivity index is 1.35. The lowest BCUT2D eigenvalue weighted by atomic mass is 10.1. The normalized spacial score (nSPS) is 16.9. The second kappa shape index (κ2) is 10.9. The Bertz CT molecular complexity index is 1440. The van der Waals surface area contributed by atoms with Crippen molar-refractivity contribution >= 4 is 68.9 Å². The minimum atomic E-state index is -0.391. The number of nitrogens with zero attached hydrogens (tertiary/aromatic N) is 2. The van der Waals surface area contributed by atoms with Gasteiger partial charge in [0.05, 0.1) is 22.7 Å². The zero-order valence-electron chi connectivity index (χ0n) is 19.6. The van der Waals surface area contributed by atoms with Crippen molar-refractivity contribution < 1.29 is 14.4 Å². The highest BCUT2D eigenvalue weighted by molar-refractivity contribution is 8.26. The summed E-state index contributed by atoms with van der Waals surface area (Å²) in [5.41, 5.74) is 3.36. The molecule has 2 aliphatic heterocycles. The predicted molar refractivity (Wildman–Crippen MR) is 151 cm³/mol. The van der Waals surface area contributed by atoms with Crippen LogP contribution in [0.5, 0.6) is 0 Å². The largest absolute Gasteiger partial charge is 0.354 e. The van der Waals surface area contributed by atoms with E-state index < -0.39 is 5.91 Å². The Morgan fingerprint density at radius 3 is 2.38 bits per heavy atom. The minimum Gasteiger partial charge on any atom is -0.354 e. The number of amides is 3. The third-order valence-corrected chi connectivity index (χ3v) is 7.98. The summed E-state index contributed by atoms with van der Waals surface area (Å²) < 4.78 is 0.356. The molecule has 5 rings (SSSR count). The van der Waals surface area contributed by atoms with E-state index in [1.165, 1.54) is 9.80 Å². The molecule has 0 saturated carbocycles. The van der Waals surface area contributed by atoms with Crippen LogP contribution in [0, 0.1) is 0 Å². The fourth-order valence-corrected chi connectivity index (χ4v) is 5.85. The molecule has 1 fully saturated rings. The van der Waals surface area contributed by atoms with E-state index >= 15 is 0 Å². The van der Waals surface area contributed by atoms with Crippen LogP contribution in [-0.4, -0.2) is 40.0 Å². The predicted octanol–water partition coefficient (Wildman–Crippen LogP) is 4.82. The summed E-state index contributed by atoms with van der Waals surface area (Å²) in [4.78, 5) is 42.9. The summed E-state index contributed by atoms with van der Waals surface area (Å²) in [5.74, 6) is -1.01. The third kappa shape index (κ3) is 5.18. The fraction of sp³-hybridized carbons (Fsp3) is 0.143. The number of rotatable bonds is 7. The van der Waals surface area contributed by atoms with E-state index in [4.69, 9.17) is 23.8 Å². The Morgan fingerprint density at radius 1 is 0.892 bits per heavy atom. The smallest absolute Gasteiger partial charge is 0.267 e. The quantitative estimate of drug-likeness (QED) is 0.339. The number of carbonyl (C=O) groups is 3. The first-order chi connectivity index (χ1) is 17.9. The van der Waals surface area contributed by atoms with E-state index in [1.807, 2.05) is 48.5 Å². The molecule has 1 saturated heterocycles. The maximum absolute atomic E-state index is 13.6. The number of thiocarbonyl (C=S) groups is 1. The number of halogens is 1. The second-order valence-electron chi connectivity index (χ2n) is 8.55. The molecular weight excluding hydrogens is 526 g/mol. The highest BCUT2D eigenvalue weighted by atomic mass is 35.5. The van der Waals surface area contributed by atoms with Gasteiger partial charge in [-0.15, -0.1) is 0 Å². The molecule has 37 heavy (non-hydrogen) atoms. The summed E-state index contributed by atoms with van der Waals surface area (Å²) in [6.45, 7) is 0.526. The highest BCUT2D eigenvalue weighted by Crippen LogP contribution is 2.44. The number of carbonyl (C=O) groups excluding carboxylic acids is 3. The number of hydrogen-bond acceptors (Lipinski definition) is 5. The minimum absolute atomic E-state index is 0.145.